The number of rotatable bonds is 6. The summed E-state index contributed by atoms with van der Waals surface area (Å²) in [7, 11) is -2.16. The number of carbonyl (C=O) groups is 1. The molecule has 2 aromatic heterocycles. The van der Waals surface area contributed by atoms with Crippen LogP contribution in [0.1, 0.15) is 18.6 Å². The molecular weight excluding hydrogens is 434 g/mol. The van der Waals surface area contributed by atoms with E-state index < -0.39 is 33.9 Å². The van der Waals surface area contributed by atoms with E-state index in [-0.39, 0.29) is 22.9 Å². The van der Waals surface area contributed by atoms with Crippen LogP contribution in [-0.4, -0.2) is 40.7 Å². The Balaban J connectivity index is 1.80. The summed E-state index contributed by atoms with van der Waals surface area (Å²) >= 11 is 0. The smallest absolute Gasteiger partial charge is 0.413 e. The van der Waals surface area contributed by atoms with Crippen LogP contribution in [0.2, 0.25) is 0 Å². The van der Waals surface area contributed by atoms with Gasteiger partial charge in [0.05, 0.1) is 18.1 Å². The van der Waals surface area contributed by atoms with Crippen LogP contribution in [0.3, 0.4) is 0 Å². The van der Waals surface area contributed by atoms with Crippen LogP contribution in [0.4, 0.5) is 25.1 Å². The van der Waals surface area contributed by atoms with Gasteiger partial charge in [-0.05, 0) is 24.6 Å². The summed E-state index contributed by atoms with van der Waals surface area (Å²) in [6, 6.07) is 6.51. The van der Waals surface area contributed by atoms with Gasteiger partial charge in [0.2, 0.25) is 10.0 Å². The summed E-state index contributed by atoms with van der Waals surface area (Å²) in [5.74, 6) is -1.37. The highest BCUT2D eigenvalue weighted by atomic mass is 32.2. The highest BCUT2D eigenvalue weighted by molar-refractivity contribution is 7.92. The quantitative estimate of drug-likeness (QED) is 0.588. The summed E-state index contributed by atoms with van der Waals surface area (Å²) in [6.07, 6.45) is 0.345. The van der Waals surface area contributed by atoms with Crippen LogP contribution < -0.4 is 10.0 Å². The number of carbonyl (C=O) groups excluding carboxylic acids is 1. The summed E-state index contributed by atoms with van der Waals surface area (Å²) in [4.78, 5) is 16.2. The lowest BCUT2D eigenvalue weighted by molar-refractivity contribution is 0.121. The molecule has 10 nitrogen and oxygen atoms in total. The molecule has 1 amide bonds. The average molecular weight is 452 g/mol. The molecule has 1 atom stereocenters. The average Bonchev–Trinajstić information content (AvgIpc) is 3.01. The van der Waals surface area contributed by atoms with Gasteiger partial charge in [0, 0.05) is 13.1 Å². The van der Waals surface area contributed by atoms with Crippen molar-refractivity contribution in [1.82, 2.24) is 20.0 Å². The Hall–Kier alpha value is -3.61. The summed E-state index contributed by atoms with van der Waals surface area (Å²) in [6.45, 7) is 1.56. The largest absolute Gasteiger partial charge is 0.441 e. The standard InChI is InChI=1S/C18H18F2N6O4S/c1-10(11-5-4-6-12(19)7-11)30-18(27)22-17-16(23-25-26(17)2)15-14(20)8-13(9-21-15)24-31(3,28)29/h4-10,24H,1-3H3,(H,22,27)/t10-/m1/s1. The van der Waals surface area contributed by atoms with Gasteiger partial charge in [-0.3, -0.25) is 10.0 Å². The summed E-state index contributed by atoms with van der Waals surface area (Å²) < 4.78 is 59.0. The van der Waals surface area contributed by atoms with Gasteiger partial charge in [-0.1, -0.05) is 17.3 Å². The Bertz CT molecular complexity index is 1230. The van der Waals surface area contributed by atoms with Gasteiger partial charge in [-0.2, -0.15) is 0 Å². The molecule has 0 saturated carbocycles. The third kappa shape index (κ3) is 5.51. The molecule has 0 fully saturated rings. The van der Waals surface area contributed by atoms with E-state index in [9.17, 15) is 22.0 Å². The molecule has 13 heteroatoms. The number of anilines is 2. The maximum atomic E-state index is 14.6. The Morgan fingerprint density at radius 2 is 1.97 bits per heavy atom. The van der Waals surface area contributed by atoms with E-state index in [1.54, 1.807) is 13.0 Å². The number of amides is 1. The van der Waals surface area contributed by atoms with E-state index in [0.717, 1.165) is 18.5 Å². The molecule has 0 spiro atoms. The van der Waals surface area contributed by atoms with Gasteiger partial charge in [0.25, 0.3) is 0 Å². The van der Waals surface area contributed by atoms with E-state index in [1.807, 2.05) is 0 Å². The maximum Gasteiger partial charge on any atom is 0.413 e. The van der Waals surface area contributed by atoms with Crippen molar-refractivity contribution in [2.75, 3.05) is 16.3 Å². The number of hydrogen-bond acceptors (Lipinski definition) is 7. The lowest BCUT2D eigenvalue weighted by Gasteiger charge is -2.14. The van der Waals surface area contributed by atoms with E-state index in [2.05, 4.69) is 25.3 Å². The molecule has 2 N–H and O–H groups in total. The first-order valence-corrected chi connectivity index (χ1v) is 10.7. The van der Waals surface area contributed by atoms with E-state index >= 15 is 0 Å². The second-order valence-corrected chi connectivity index (χ2v) is 8.31. The number of aromatic nitrogens is 4. The Morgan fingerprint density at radius 3 is 2.61 bits per heavy atom. The minimum absolute atomic E-state index is 0.00772. The first-order valence-electron chi connectivity index (χ1n) is 8.80. The number of nitrogens with one attached hydrogen (secondary N) is 2. The fraction of sp³-hybridized carbons (Fsp3) is 0.222. The van der Waals surface area contributed by atoms with Crippen LogP contribution in [0, 0.1) is 11.6 Å². The molecule has 0 aliphatic rings. The molecular formula is C18H18F2N6O4S. The molecule has 0 aliphatic heterocycles. The van der Waals surface area contributed by atoms with Crippen molar-refractivity contribution in [3.63, 3.8) is 0 Å². The molecule has 31 heavy (non-hydrogen) atoms. The zero-order valence-electron chi connectivity index (χ0n) is 16.6. The number of pyridine rings is 1. The van der Waals surface area contributed by atoms with Crippen molar-refractivity contribution in [3.8, 4) is 11.4 Å². The van der Waals surface area contributed by atoms with Crippen LogP contribution in [0.15, 0.2) is 36.5 Å². The van der Waals surface area contributed by atoms with Crippen molar-refractivity contribution in [2.24, 2.45) is 7.05 Å². The number of sulfonamides is 1. The van der Waals surface area contributed by atoms with Crippen LogP contribution in [0.25, 0.3) is 11.4 Å². The normalized spacial score (nSPS) is 12.3. The third-order valence-electron chi connectivity index (χ3n) is 4.02. The molecule has 0 unspecified atom stereocenters. The zero-order chi connectivity index (χ0) is 22.8. The monoisotopic (exact) mass is 452 g/mol. The van der Waals surface area contributed by atoms with Crippen LogP contribution in [-0.2, 0) is 21.8 Å². The predicted octanol–water partition coefficient (Wildman–Crippen LogP) is 2.84. The lowest BCUT2D eigenvalue weighted by atomic mass is 10.1. The number of ether oxygens (including phenoxy) is 1. The zero-order valence-corrected chi connectivity index (χ0v) is 17.4. The molecule has 0 saturated heterocycles. The SMILES string of the molecule is C[C@@H](OC(=O)Nc1c(-c2ncc(NS(C)(=O)=O)cc2F)nnn1C)c1cccc(F)c1. The van der Waals surface area contributed by atoms with Gasteiger partial charge in [0.15, 0.2) is 17.3 Å². The van der Waals surface area contributed by atoms with Crippen molar-refractivity contribution in [2.45, 2.75) is 13.0 Å². The number of halogens is 2. The summed E-state index contributed by atoms with van der Waals surface area (Å²) in [5, 5.41) is 9.97. The van der Waals surface area contributed by atoms with E-state index in [4.69, 9.17) is 4.74 Å². The lowest BCUT2D eigenvalue weighted by Crippen LogP contribution is -2.18. The summed E-state index contributed by atoms with van der Waals surface area (Å²) in [5.41, 5.74) is 0.00699. The van der Waals surface area contributed by atoms with Crippen molar-refractivity contribution >= 4 is 27.6 Å². The second-order valence-electron chi connectivity index (χ2n) is 6.57. The minimum atomic E-state index is -3.61. The van der Waals surface area contributed by atoms with Gasteiger partial charge in [0.1, 0.15) is 17.6 Å². The fourth-order valence-corrected chi connectivity index (χ4v) is 3.19. The maximum absolute atomic E-state index is 14.6. The first kappa shape index (κ1) is 22.1. The van der Waals surface area contributed by atoms with Crippen molar-refractivity contribution < 1.29 is 26.7 Å². The Labute approximate surface area is 176 Å². The number of nitrogens with zero attached hydrogens (tertiary/aromatic N) is 4. The third-order valence-corrected chi connectivity index (χ3v) is 4.62. The first-order chi connectivity index (χ1) is 14.5. The molecule has 3 rings (SSSR count). The van der Waals surface area contributed by atoms with E-state index in [0.29, 0.717) is 5.56 Å². The Kier molecular flexibility index (Phi) is 6.15. The number of aryl methyl sites for hydroxylation is 1. The van der Waals surface area contributed by atoms with Crippen molar-refractivity contribution in [1.29, 1.82) is 0 Å². The number of benzene rings is 1. The second kappa shape index (κ2) is 8.63. The molecule has 2 heterocycles. The van der Waals surface area contributed by atoms with Gasteiger partial charge >= 0.3 is 6.09 Å². The topological polar surface area (TPSA) is 128 Å². The van der Waals surface area contributed by atoms with Gasteiger partial charge in [-0.15, -0.1) is 5.10 Å². The molecule has 3 aromatic rings. The minimum Gasteiger partial charge on any atom is -0.441 e. The fourth-order valence-electron chi connectivity index (χ4n) is 2.65. The number of hydrogen-bond donors (Lipinski definition) is 2. The van der Waals surface area contributed by atoms with Gasteiger partial charge in [-0.25, -0.2) is 31.7 Å². The molecule has 164 valence electrons. The van der Waals surface area contributed by atoms with Crippen molar-refractivity contribution in [3.05, 3.63) is 53.7 Å². The highest BCUT2D eigenvalue weighted by Crippen LogP contribution is 2.28. The predicted molar refractivity (Wildman–Crippen MR) is 108 cm³/mol. The molecule has 0 radical (unpaired) electrons. The van der Waals surface area contributed by atoms with Crippen LogP contribution in [0.5, 0.6) is 0 Å². The molecule has 1 aromatic carbocycles. The van der Waals surface area contributed by atoms with Gasteiger partial charge < -0.3 is 4.74 Å². The highest BCUT2D eigenvalue weighted by Gasteiger charge is 2.22. The van der Waals surface area contributed by atoms with Crippen LogP contribution >= 0.6 is 0 Å². The molecule has 0 bridgehead atoms. The Morgan fingerprint density at radius 1 is 1.23 bits per heavy atom. The molecule has 0 aliphatic carbocycles. The van der Waals surface area contributed by atoms with E-state index in [1.165, 1.54) is 29.9 Å².